The molecule has 0 aliphatic carbocycles. The van der Waals surface area contributed by atoms with Crippen molar-refractivity contribution in [3.05, 3.63) is 36.9 Å². The first-order valence-electron chi connectivity index (χ1n) is 10.3. The van der Waals surface area contributed by atoms with Crippen LogP contribution in [0.1, 0.15) is 88.3 Å². The average Bonchev–Trinajstić information content (AvgIpc) is 3.09. The van der Waals surface area contributed by atoms with Crippen LogP contribution in [-0.4, -0.2) is 20.9 Å². The van der Waals surface area contributed by atoms with Crippen LogP contribution in [0.5, 0.6) is 0 Å². The molecule has 0 N–H and O–H groups in total. The van der Waals surface area contributed by atoms with Gasteiger partial charge in [0.2, 0.25) is 5.91 Å². The van der Waals surface area contributed by atoms with Crippen molar-refractivity contribution in [3.63, 3.8) is 0 Å². The summed E-state index contributed by atoms with van der Waals surface area (Å²) in [6.07, 6.45) is 17.7. The van der Waals surface area contributed by atoms with Gasteiger partial charge < -0.3 is 0 Å². The number of hydrogen-bond acceptors (Lipinski definition) is 3. The van der Waals surface area contributed by atoms with Crippen molar-refractivity contribution in [2.45, 2.75) is 83.5 Å². The molecule has 0 spiro atoms. The van der Waals surface area contributed by atoms with Gasteiger partial charge in [0.15, 0.2) is 0 Å². The lowest BCUT2D eigenvalue weighted by Gasteiger charge is -2.03. The number of nitrogens with zero attached hydrogens (tertiary/aromatic N) is 3. The van der Waals surface area contributed by atoms with Gasteiger partial charge in [0.05, 0.1) is 5.52 Å². The number of para-hydroxylation sites is 1. The van der Waals surface area contributed by atoms with E-state index in [1.807, 2.05) is 30.3 Å². The van der Waals surface area contributed by atoms with Gasteiger partial charge in [-0.2, -0.15) is 4.68 Å². The number of aromatic nitrogens is 3. The second-order valence-electron chi connectivity index (χ2n) is 7.10. The lowest BCUT2D eigenvalue weighted by Crippen LogP contribution is -2.12. The van der Waals surface area contributed by atoms with Gasteiger partial charge in [0.25, 0.3) is 0 Å². The third-order valence-electron chi connectivity index (χ3n) is 4.89. The standard InChI is InChI=1S/C22H33N3O/c1-2-3-4-5-6-7-8-9-10-11-12-13-14-19-22(26)25-21-18-16-15-17-20(21)23-24-25/h2,15-18H,1,3-14,19H2. The first kappa shape index (κ1) is 20.3. The first-order chi connectivity index (χ1) is 12.8. The van der Waals surface area contributed by atoms with Gasteiger partial charge in [0, 0.05) is 6.42 Å². The zero-order valence-electron chi connectivity index (χ0n) is 16.0. The third-order valence-corrected chi connectivity index (χ3v) is 4.89. The molecule has 142 valence electrons. The van der Waals surface area contributed by atoms with Gasteiger partial charge in [-0.05, 0) is 31.4 Å². The average molecular weight is 356 g/mol. The van der Waals surface area contributed by atoms with E-state index in [1.54, 1.807) is 0 Å². The summed E-state index contributed by atoms with van der Waals surface area (Å²) in [5.41, 5.74) is 1.59. The summed E-state index contributed by atoms with van der Waals surface area (Å²) < 4.78 is 1.45. The van der Waals surface area contributed by atoms with E-state index in [9.17, 15) is 4.79 Å². The van der Waals surface area contributed by atoms with Crippen LogP contribution in [-0.2, 0) is 0 Å². The van der Waals surface area contributed by atoms with Gasteiger partial charge in [-0.1, -0.05) is 81.2 Å². The number of fused-ring (bicyclic) bond motifs is 1. The van der Waals surface area contributed by atoms with Crippen LogP contribution in [0.15, 0.2) is 36.9 Å². The highest BCUT2D eigenvalue weighted by atomic mass is 16.2. The van der Waals surface area contributed by atoms with Crippen LogP contribution < -0.4 is 0 Å². The number of benzene rings is 1. The van der Waals surface area contributed by atoms with Crippen molar-refractivity contribution >= 4 is 16.9 Å². The minimum atomic E-state index is 0.0511. The molecule has 2 rings (SSSR count). The van der Waals surface area contributed by atoms with Crippen LogP contribution in [0, 0.1) is 0 Å². The van der Waals surface area contributed by atoms with E-state index in [-0.39, 0.29) is 5.91 Å². The van der Waals surface area contributed by atoms with E-state index in [4.69, 9.17) is 0 Å². The Labute approximate surface area is 157 Å². The van der Waals surface area contributed by atoms with E-state index >= 15 is 0 Å². The maximum absolute atomic E-state index is 12.3. The summed E-state index contributed by atoms with van der Waals surface area (Å²) in [4.78, 5) is 12.3. The lowest BCUT2D eigenvalue weighted by molar-refractivity contribution is 0.0886. The van der Waals surface area contributed by atoms with Gasteiger partial charge in [-0.15, -0.1) is 11.7 Å². The zero-order chi connectivity index (χ0) is 18.5. The molecule has 1 aromatic heterocycles. The molecule has 0 aliphatic rings. The Hall–Kier alpha value is -1.97. The highest BCUT2D eigenvalue weighted by molar-refractivity contribution is 5.88. The molecule has 4 heteroatoms. The lowest BCUT2D eigenvalue weighted by atomic mass is 10.0. The van der Waals surface area contributed by atoms with Crippen LogP contribution in [0.25, 0.3) is 11.0 Å². The maximum atomic E-state index is 12.3. The predicted octanol–water partition coefficient (Wildman–Crippen LogP) is 6.33. The molecule has 0 fully saturated rings. The van der Waals surface area contributed by atoms with Gasteiger partial charge >= 0.3 is 0 Å². The Kier molecular flexibility index (Phi) is 9.70. The summed E-state index contributed by atoms with van der Waals surface area (Å²) in [7, 11) is 0. The molecule has 26 heavy (non-hydrogen) atoms. The summed E-state index contributed by atoms with van der Waals surface area (Å²) in [5, 5.41) is 8.03. The van der Waals surface area contributed by atoms with Crippen molar-refractivity contribution in [1.82, 2.24) is 15.0 Å². The summed E-state index contributed by atoms with van der Waals surface area (Å²) >= 11 is 0. The number of carbonyl (C=O) groups is 1. The van der Waals surface area contributed by atoms with E-state index in [0.717, 1.165) is 30.3 Å². The number of unbranched alkanes of at least 4 members (excludes halogenated alkanes) is 11. The van der Waals surface area contributed by atoms with Gasteiger partial charge in [0.1, 0.15) is 5.52 Å². The van der Waals surface area contributed by atoms with Crippen molar-refractivity contribution in [2.24, 2.45) is 0 Å². The minimum absolute atomic E-state index is 0.0511. The number of allylic oxidation sites excluding steroid dienone is 1. The van der Waals surface area contributed by atoms with Crippen molar-refractivity contribution in [3.8, 4) is 0 Å². The fourth-order valence-electron chi connectivity index (χ4n) is 3.31. The van der Waals surface area contributed by atoms with Gasteiger partial charge in [-0.3, -0.25) is 4.79 Å². The fourth-order valence-corrected chi connectivity index (χ4v) is 3.31. The molecule has 0 radical (unpaired) electrons. The summed E-state index contributed by atoms with van der Waals surface area (Å²) in [5.74, 6) is 0.0511. The summed E-state index contributed by atoms with van der Waals surface area (Å²) in [6, 6.07) is 7.60. The molecule has 4 nitrogen and oxygen atoms in total. The predicted molar refractivity (Wildman–Crippen MR) is 108 cm³/mol. The molecule has 0 atom stereocenters. The molecule has 0 unspecified atom stereocenters. The normalized spacial score (nSPS) is 11.1. The highest BCUT2D eigenvalue weighted by Gasteiger charge is 2.10. The van der Waals surface area contributed by atoms with Crippen LogP contribution >= 0.6 is 0 Å². The quantitative estimate of drug-likeness (QED) is 0.294. The topological polar surface area (TPSA) is 47.8 Å². The monoisotopic (exact) mass is 355 g/mol. The van der Waals surface area contributed by atoms with E-state index in [2.05, 4.69) is 16.9 Å². The number of hydrogen-bond donors (Lipinski definition) is 0. The fraction of sp³-hybridized carbons (Fsp3) is 0.591. The molecule has 0 saturated carbocycles. The Morgan fingerprint density at radius 3 is 2.12 bits per heavy atom. The first-order valence-corrected chi connectivity index (χ1v) is 10.3. The van der Waals surface area contributed by atoms with Crippen LogP contribution in [0.4, 0.5) is 0 Å². The van der Waals surface area contributed by atoms with E-state index in [0.29, 0.717) is 6.42 Å². The molecule has 0 amide bonds. The zero-order valence-corrected chi connectivity index (χ0v) is 16.0. The third kappa shape index (κ3) is 7.11. The van der Waals surface area contributed by atoms with E-state index < -0.39 is 0 Å². The molecular formula is C22H33N3O. The Balaban J connectivity index is 1.46. The number of rotatable bonds is 14. The molecule has 0 saturated heterocycles. The smallest absolute Gasteiger partial charge is 0.248 e. The second kappa shape index (κ2) is 12.4. The number of carbonyl (C=O) groups excluding carboxylic acids is 1. The molecule has 2 aromatic rings. The second-order valence-corrected chi connectivity index (χ2v) is 7.10. The molecule has 1 heterocycles. The van der Waals surface area contributed by atoms with Crippen molar-refractivity contribution in [2.75, 3.05) is 0 Å². The molecule has 1 aromatic carbocycles. The Morgan fingerprint density at radius 2 is 1.46 bits per heavy atom. The Morgan fingerprint density at radius 1 is 0.885 bits per heavy atom. The molecule has 0 bridgehead atoms. The maximum Gasteiger partial charge on any atom is 0.248 e. The van der Waals surface area contributed by atoms with Crippen molar-refractivity contribution < 1.29 is 4.79 Å². The SMILES string of the molecule is C=CCCCCCCCCCCCCCC(=O)n1nnc2ccccc21. The largest absolute Gasteiger partial charge is 0.273 e. The Bertz CT molecular complexity index is 662. The summed E-state index contributed by atoms with van der Waals surface area (Å²) in [6.45, 7) is 3.76. The van der Waals surface area contributed by atoms with Crippen LogP contribution in [0.3, 0.4) is 0 Å². The minimum Gasteiger partial charge on any atom is -0.273 e. The van der Waals surface area contributed by atoms with Crippen molar-refractivity contribution in [1.29, 1.82) is 0 Å². The highest BCUT2D eigenvalue weighted by Crippen LogP contribution is 2.14. The van der Waals surface area contributed by atoms with Crippen LogP contribution in [0.2, 0.25) is 0 Å². The molecular weight excluding hydrogens is 322 g/mol. The van der Waals surface area contributed by atoms with E-state index in [1.165, 1.54) is 62.5 Å². The molecule has 0 aliphatic heterocycles. The van der Waals surface area contributed by atoms with Gasteiger partial charge in [-0.25, -0.2) is 0 Å².